The van der Waals surface area contributed by atoms with Gasteiger partial charge in [0, 0.05) is 11.2 Å². The Hall–Kier alpha value is -3.60. The molecular formula is C24H22ClN6O3S+. The van der Waals surface area contributed by atoms with E-state index in [1.807, 2.05) is 0 Å². The van der Waals surface area contributed by atoms with Gasteiger partial charge in [-0.2, -0.15) is 13.5 Å². The number of piperazine rings is 1. The Morgan fingerprint density at radius 1 is 0.971 bits per heavy atom. The maximum Gasteiger partial charge on any atom is 0.351 e. The Kier molecular flexibility index (Phi) is 6.10. The predicted molar refractivity (Wildman–Crippen MR) is 133 cm³/mol. The van der Waals surface area contributed by atoms with E-state index in [4.69, 9.17) is 11.6 Å². The van der Waals surface area contributed by atoms with E-state index in [0.717, 1.165) is 10.8 Å². The van der Waals surface area contributed by atoms with Crippen LogP contribution >= 0.6 is 11.6 Å². The van der Waals surface area contributed by atoms with E-state index in [-0.39, 0.29) is 42.7 Å². The minimum atomic E-state index is -3.98. The van der Waals surface area contributed by atoms with E-state index in [2.05, 4.69) is 15.3 Å². The number of hydrogen-bond acceptors (Lipinski definition) is 7. The van der Waals surface area contributed by atoms with Gasteiger partial charge in [0.25, 0.3) is 5.91 Å². The number of benzene rings is 2. The van der Waals surface area contributed by atoms with Crippen molar-refractivity contribution >= 4 is 44.5 Å². The maximum absolute atomic E-state index is 14.2. The van der Waals surface area contributed by atoms with Gasteiger partial charge in [0.2, 0.25) is 0 Å². The molecule has 1 amide bonds. The number of quaternary nitrogens is 1. The Morgan fingerprint density at radius 3 is 2.51 bits per heavy atom. The van der Waals surface area contributed by atoms with Gasteiger partial charge in [-0.3, -0.25) is 4.79 Å². The fourth-order valence-electron chi connectivity index (χ4n) is 4.27. The lowest BCUT2D eigenvalue weighted by Gasteiger charge is -2.44. The number of hydrogen-bond donors (Lipinski definition) is 0. The van der Waals surface area contributed by atoms with Crippen LogP contribution < -0.4 is 0 Å². The number of amides is 1. The van der Waals surface area contributed by atoms with Crippen LogP contribution in [-0.4, -0.2) is 70.9 Å². The molecule has 178 valence electrons. The fraction of sp³-hybridized carbons (Fsp3) is 0.167. The molecule has 2 aliphatic heterocycles. The SMILES string of the molecule is O=C(c1cccnn1)N1CC[N+](N2C=CC=CC=N2)(S(=O)(=O)c2ccc3cc(Cl)ccc3c2)CC1. The van der Waals surface area contributed by atoms with Gasteiger partial charge >= 0.3 is 10.0 Å². The van der Waals surface area contributed by atoms with Gasteiger partial charge in [0.15, 0.2) is 5.69 Å². The van der Waals surface area contributed by atoms with E-state index >= 15 is 0 Å². The van der Waals surface area contributed by atoms with Crippen molar-refractivity contribution in [2.45, 2.75) is 4.90 Å². The molecule has 0 saturated carbocycles. The first-order valence-corrected chi connectivity index (χ1v) is 12.8. The molecule has 35 heavy (non-hydrogen) atoms. The molecule has 1 aromatic heterocycles. The molecule has 0 radical (unpaired) electrons. The van der Waals surface area contributed by atoms with Crippen molar-refractivity contribution in [1.29, 1.82) is 0 Å². The van der Waals surface area contributed by atoms with E-state index in [1.165, 1.54) is 11.3 Å². The summed E-state index contributed by atoms with van der Waals surface area (Å²) in [6, 6.07) is 13.6. The molecule has 0 N–H and O–H groups in total. The molecule has 0 aliphatic carbocycles. The largest absolute Gasteiger partial charge is 0.351 e. The van der Waals surface area contributed by atoms with Crippen molar-refractivity contribution < 1.29 is 17.2 Å². The average molecular weight is 510 g/mol. The van der Waals surface area contributed by atoms with Crippen molar-refractivity contribution in [3.8, 4) is 0 Å². The molecule has 0 spiro atoms. The van der Waals surface area contributed by atoms with Gasteiger partial charge in [-0.15, -0.1) is 10.2 Å². The summed E-state index contributed by atoms with van der Waals surface area (Å²) in [5.74, 6) is -0.285. The van der Waals surface area contributed by atoms with Crippen LogP contribution in [0.5, 0.6) is 0 Å². The van der Waals surface area contributed by atoms with Gasteiger partial charge < -0.3 is 4.90 Å². The normalized spacial score (nSPS) is 17.5. The van der Waals surface area contributed by atoms with Gasteiger partial charge in [0.05, 0.1) is 25.5 Å². The van der Waals surface area contributed by atoms with Crippen molar-refractivity contribution in [2.24, 2.45) is 5.10 Å². The molecule has 0 atom stereocenters. The molecule has 11 heteroatoms. The molecule has 3 aromatic rings. The van der Waals surface area contributed by atoms with Crippen LogP contribution in [0.25, 0.3) is 10.8 Å². The van der Waals surface area contributed by atoms with Gasteiger partial charge in [-0.25, -0.2) is 0 Å². The predicted octanol–water partition coefficient (Wildman–Crippen LogP) is 3.23. The van der Waals surface area contributed by atoms with Gasteiger partial charge in [0.1, 0.15) is 18.0 Å². The molecule has 3 heterocycles. The van der Waals surface area contributed by atoms with Crippen molar-refractivity contribution in [1.82, 2.24) is 20.2 Å². The summed E-state index contributed by atoms with van der Waals surface area (Å²) < 4.78 is 28.0. The molecule has 2 aliphatic rings. The molecule has 1 fully saturated rings. The minimum Gasteiger partial charge on any atom is -0.326 e. The highest BCUT2D eigenvalue weighted by molar-refractivity contribution is 7.86. The van der Waals surface area contributed by atoms with Crippen molar-refractivity contribution in [2.75, 3.05) is 26.2 Å². The second-order valence-corrected chi connectivity index (χ2v) is 10.7. The Balaban J connectivity index is 1.53. The number of sulfonamides is 1. The van der Waals surface area contributed by atoms with Crippen molar-refractivity contribution in [3.05, 3.63) is 89.9 Å². The number of carbonyl (C=O) groups excluding carboxylic acids is 1. The topological polar surface area (TPSA) is 95.8 Å². The summed E-state index contributed by atoms with van der Waals surface area (Å²) in [6.07, 6.45) is 9.93. The van der Waals surface area contributed by atoms with Crippen LogP contribution in [0.1, 0.15) is 10.5 Å². The standard InChI is InChI=1S/C24H22ClN6O3S/c25-21-8-6-20-18-22(9-7-19(20)17-21)35(33,34)31(30-12-3-1-2-11-27-30)15-13-29(14-16-31)24(32)23-5-4-10-26-28-23/h1-12,17-18H,13-16H2/q+1. The van der Waals surface area contributed by atoms with Crippen molar-refractivity contribution in [3.63, 3.8) is 0 Å². The molecule has 2 aromatic carbocycles. The van der Waals surface area contributed by atoms with Crippen LogP contribution in [0.3, 0.4) is 0 Å². The van der Waals surface area contributed by atoms with E-state index in [1.54, 1.807) is 84.1 Å². The minimum absolute atomic E-state index is 0.106. The zero-order chi connectivity index (χ0) is 24.5. The number of rotatable bonds is 4. The molecular weight excluding hydrogens is 488 g/mol. The molecule has 0 unspecified atom stereocenters. The van der Waals surface area contributed by atoms with E-state index in [0.29, 0.717) is 5.02 Å². The molecule has 1 saturated heterocycles. The third-order valence-corrected chi connectivity index (χ3v) is 8.63. The third-order valence-electron chi connectivity index (χ3n) is 6.12. The second-order valence-electron chi connectivity index (χ2n) is 8.13. The van der Waals surface area contributed by atoms with Crippen LogP contribution in [0, 0.1) is 0 Å². The highest BCUT2D eigenvalue weighted by atomic mass is 35.5. The van der Waals surface area contributed by atoms with Gasteiger partial charge in [-0.1, -0.05) is 38.9 Å². The zero-order valence-corrected chi connectivity index (χ0v) is 20.2. The summed E-state index contributed by atoms with van der Waals surface area (Å²) in [5.41, 5.74) is 0.223. The summed E-state index contributed by atoms with van der Waals surface area (Å²) in [4.78, 5) is 14.7. The number of nitrogens with zero attached hydrogens (tertiary/aromatic N) is 6. The Labute approximate surface area is 207 Å². The van der Waals surface area contributed by atoms with Crippen LogP contribution in [0.15, 0.2) is 89.2 Å². The van der Waals surface area contributed by atoms with E-state index in [9.17, 15) is 13.2 Å². The smallest absolute Gasteiger partial charge is 0.326 e. The molecule has 0 bridgehead atoms. The first-order chi connectivity index (χ1) is 16.9. The lowest BCUT2D eigenvalue weighted by Crippen LogP contribution is -2.67. The summed E-state index contributed by atoms with van der Waals surface area (Å²) >= 11 is 6.09. The molecule has 5 rings (SSSR count). The second kappa shape index (κ2) is 9.21. The Bertz CT molecular complexity index is 1450. The van der Waals surface area contributed by atoms with Crippen LogP contribution in [0.2, 0.25) is 5.02 Å². The number of carbonyl (C=O) groups is 1. The Morgan fingerprint density at radius 2 is 1.74 bits per heavy atom. The van der Waals surface area contributed by atoms with E-state index < -0.39 is 14.0 Å². The quantitative estimate of drug-likeness (QED) is 0.501. The number of hydrazone groups is 1. The highest BCUT2D eigenvalue weighted by Gasteiger charge is 2.51. The van der Waals surface area contributed by atoms with Crippen LogP contribution in [-0.2, 0) is 10.0 Å². The number of allylic oxidation sites excluding steroid dienone is 3. The average Bonchev–Trinajstić information content (AvgIpc) is 3.18. The molecule has 9 nitrogen and oxygen atoms in total. The highest BCUT2D eigenvalue weighted by Crippen LogP contribution is 2.33. The summed E-state index contributed by atoms with van der Waals surface area (Å²) in [6.45, 7) is 0.611. The fourth-order valence-corrected chi connectivity index (χ4v) is 6.32. The lowest BCUT2D eigenvalue weighted by molar-refractivity contribution is -0.923. The third kappa shape index (κ3) is 4.20. The first kappa shape index (κ1) is 23.2. The summed E-state index contributed by atoms with van der Waals surface area (Å²) in [7, 11) is -3.98. The van der Waals surface area contributed by atoms with Crippen LogP contribution in [0.4, 0.5) is 0 Å². The number of aromatic nitrogens is 2. The maximum atomic E-state index is 14.2. The summed E-state index contributed by atoms with van der Waals surface area (Å²) in [5, 5.41) is 15.7. The zero-order valence-electron chi connectivity index (χ0n) is 18.6. The number of halogens is 1. The lowest BCUT2D eigenvalue weighted by atomic mass is 10.1. The first-order valence-electron chi connectivity index (χ1n) is 11.0. The number of fused-ring (bicyclic) bond motifs is 1. The monoisotopic (exact) mass is 509 g/mol. The van der Waals surface area contributed by atoms with Gasteiger partial charge in [-0.05, 0) is 59.3 Å².